The molecular weight excluding hydrogens is 436 g/mol. The normalized spacial score (nSPS) is 19.7. The Hall–Kier alpha value is -1.74. The van der Waals surface area contributed by atoms with E-state index in [1.165, 1.54) is 6.07 Å². The van der Waals surface area contributed by atoms with Gasteiger partial charge in [-0.2, -0.15) is 31.6 Å². The molecule has 2 unspecified atom stereocenters. The second-order valence-corrected chi connectivity index (χ2v) is 8.38. The van der Waals surface area contributed by atoms with Crippen LogP contribution in [0.4, 0.5) is 26.3 Å². The molecule has 4 nitrogen and oxygen atoms in total. The van der Waals surface area contributed by atoms with Gasteiger partial charge in [0.25, 0.3) is 0 Å². The van der Waals surface area contributed by atoms with Gasteiger partial charge in [0.15, 0.2) is 5.60 Å². The summed E-state index contributed by atoms with van der Waals surface area (Å²) in [4.78, 5) is 0. The first kappa shape index (κ1) is 24.5. The maximum Gasteiger partial charge on any atom is 0.421 e. The van der Waals surface area contributed by atoms with Crippen LogP contribution in [-0.4, -0.2) is 43.9 Å². The van der Waals surface area contributed by atoms with E-state index in [2.05, 4.69) is 0 Å². The maximum absolute atomic E-state index is 13.4. The number of aliphatic hydroxyl groups is 3. The second kappa shape index (κ2) is 8.78. The first-order valence-electron chi connectivity index (χ1n) is 8.81. The van der Waals surface area contributed by atoms with Crippen molar-refractivity contribution in [3.05, 3.63) is 41.0 Å². The third-order valence-electron chi connectivity index (χ3n) is 4.85. The van der Waals surface area contributed by atoms with Crippen molar-refractivity contribution in [2.24, 2.45) is 0 Å². The Labute approximate surface area is 172 Å². The molecule has 0 heterocycles. The van der Waals surface area contributed by atoms with Gasteiger partial charge in [0, 0.05) is 12.2 Å². The molecule has 0 bridgehead atoms. The molecule has 1 aliphatic carbocycles. The van der Waals surface area contributed by atoms with Gasteiger partial charge in [0.1, 0.15) is 5.44 Å². The summed E-state index contributed by atoms with van der Waals surface area (Å²) in [7, 11) is 0. The Bertz CT molecular complexity index is 829. The van der Waals surface area contributed by atoms with Crippen LogP contribution in [0.25, 0.3) is 6.08 Å². The van der Waals surface area contributed by atoms with Crippen molar-refractivity contribution in [2.45, 2.75) is 54.7 Å². The lowest BCUT2D eigenvalue weighted by Gasteiger charge is -2.38. The minimum absolute atomic E-state index is 0.153. The Morgan fingerprint density at radius 2 is 1.83 bits per heavy atom. The summed E-state index contributed by atoms with van der Waals surface area (Å²) in [5, 5.41) is 38.7. The molecule has 1 fully saturated rings. The molecule has 0 aromatic heterocycles. The molecule has 30 heavy (non-hydrogen) atoms. The number of nitrogens with zero attached hydrogens (tertiary/aromatic N) is 1. The largest absolute Gasteiger partial charge is 0.421 e. The van der Waals surface area contributed by atoms with Crippen LogP contribution in [0.1, 0.15) is 42.4 Å². The molecule has 2 atom stereocenters. The van der Waals surface area contributed by atoms with Gasteiger partial charge in [-0.15, -0.1) is 11.8 Å². The fourth-order valence-corrected chi connectivity index (χ4v) is 3.99. The summed E-state index contributed by atoms with van der Waals surface area (Å²) in [6, 6.07) is 3.72. The molecule has 0 spiro atoms. The number of halogens is 6. The molecule has 166 valence electrons. The number of alkyl halides is 6. The molecule has 1 aromatic carbocycles. The zero-order chi connectivity index (χ0) is 22.8. The van der Waals surface area contributed by atoms with E-state index in [-0.39, 0.29) is 12.0 Å². The lowest BCUT2D eigenvalue weighted by atomic mass is 9.78. The van der Waals surface area contributed by atoms with Crippen LogP contribution in [-0.2, 0) is 6.18 Å². The standard InChI is InChI=1S/C19H19F6NO3S/c20-18(21,22)14-8-12(2-3-13(14)10-26)4-7-17(29,19(23,24)25)11-30-15(27)9-16(28)5-1-6-16/h2-4,7-8,15,27-29H,1,5-6,9,11H2/b7-4+. The summed E-state index contributed by atoms with van der Waals surface area (Å²) in [6.07, 6.45) is -7.61. The zero-order valence-corrected chi connectivity index (χ0v) is 16.3. The molecule has 3 N–H and O–H groups in total. The van der Waals surface area contributed by atoms with E-state index in [0.29, 0.717) is 42.8 Å². The molecule has 1 aliphatic rings. The lowest BCUT2D eigenvalue weighted by molar-refractivity contribution is -0.230. The SMILES string of the molecule is N#Cc1ccc(/C=C/C(O)(CSC(O)CC2(O)CCC2)C(F)(F)F)cc1C(F)(F)F. The summed E-state index contributed by atoms with van der Waals surface area (Å²) in [5.41, 5.74) is -8.19. The minimum Gasteiger partial charge on any atom is -0.390 e. The molecule has 0 aliphatic heterocycles. The Kier molecular flexibility index (Phi) is 7.18. The van der Waals surface area contributed by atoms with E-state index in [1.807, 2.05) is 0 Å². The molecular formula is C19H19F6NO3S. The average Bonchev–Trinajstić information content (AvgIpc) is 2.61. The van der Waals surface area contributed by atoms with Crippen molar-refractivity contribution >= 4 is 17.8 Å². The van der Waals surface area contributed by atoms with Gasteiger partial charge in [-0.1, -0.05) is 12.1 Å². The third-order valence-corrected chi connectivity index (χ3v) is 6.00. The number of rotatable bonds is 7. The average molecular weight is 455 g/mol. The number of nitriles is 1. The molecule has 0 radical (unpaired) electrons. The van der Waals surface area contributed by atoms with Crippen molar-refractivity contribution in [3.8, 4) is 6.07 Å². The van der Waals surface area contributed by atoms with Crippen LogP contribution in [0.5, 0.6) is 0 Å². The van der Waals surface area contributed by atoms with E-state index in [9.17, 15) is 41.7 Å². The van der Waals surface area contributed by atoms with E-state index in [0.717, 1.165) is 18.6 Å². The molecule has 0 saturated heterocycles. The van der Waals surface area contributed by atoms with Gasteiger partial charge in [-0.25, -0.2) is 0 Å². The maximum atomic E-state index is 13.4. The summed E-state index contributed by atoms with van der Waals surface area (Å²) >= 11 is 0.386. The number of benzene rings is 1. The van der Waals surface area contributed by atoms with Gasteiger partial charge in [0.05, 0.1) is 22.8 Å². The Morgan fingerprint density at radius 3 is 2.30 bits per heavy atom. The number of hydrogen-bond donors (Lipinski definition) is 3. The van der Waals surface area contributed by atoms with Gasteiger partial charge >= 0.3 is 12.4 Å². The van der Waals surface area contributed by atoms with Crippen LogP contribution in [0.15, 0.2) is 24.3 Å². The molecule has 2 rings (SSSR count). The quantitative estimate of drug-likeness (QED) is 0.423. The van der Waals surface area contributed by atoms with Crippen molar-refractivity contribution in [1.82, 2.24) is 0 Å². The summed E-state index contributed by atoms with van der Waals surface area (Å²) < 4.78 is 79.2. The van der Waals surface area contributed by atoms with Crippen LogP contribution in [0.3, 0.4) is 0 Å². The van der Waals surface area contributed by atoms with Crippen molar-refractivity contribution in [3.63, 3.8) is 0 Å². The van der Waals surface area contributed by atoms with Crippen molar-refractivity contribution < 1.29 is 41.7 Å². The predicted molar refractivity (Wildman–Crippen MR) is 98.1 cm³/mol. The first-order chi connectivity index (χ1) is 13.7. The number of aliphatic hydroxyl groups excluding tert-OH is 1. The smallest absolute Gasteiger partial charge is 0.390 e. The molecule has 0 amide bonds. The van der Waals surface area contributed by atoms with E-state index in [1.54, 1.807) is 0 Å². The molecule has 11 heteroatoms. The summed E-state index contributed by atoms with van der Waals surface area (Å²) in [6.45, 7) is 0. The van der Waals surface area contributed by atoms with Gasteiger partial charge in [0.2, 0.25) is 0 Å². The van der Waals surface area contributed by atoms with Crippen LogP contribution in [0, 0.1) is 11.3 Å². The van der Waals surface area contributed by atoms with Gasteiger partial charge in [-0.3, -0.25) is 0 Å². The molecule has 1 aromatic rings. The van der Waals surface area contributed by atoms with Crippen LogP contribution < -0.4 is 0 Å². The monoisotopic (exact) mass is 455 g/mol. The number of thioether (sulfide) groups is 1. The topological polar surface area (TPSA) is 84.5 Å². The van der Waals surface area contributed by atoms with Crippen molar-refractivity contribution in [2.75, 3.05) is 5.75 Å². The minimum atomic E-state index is -5.16. The van der Waals surface area contributed by atoms with Gasteiger partial charge in [-0.05, 0) is 43.0 Å². The van der Waals surface area contributed by atoms with Gasteiger partial charge < -0.3 is 15.3 Å². The number of hydrogen-bond acceptors (Lipinski definition) is 5. The van der Waals surface area contributed by atoms with E-state index in [4.69, 9.17) is 5.26 Å². The highest BCUT2D eigenvalue weighted by Gasteiger charge is 2.52. The zero-order valence-electron chi connectivity index (χ0n) is 15.5. The summed E-state index contributed by atoms with van der Waals surface area (Å²) in [5.74, 6) is -1.02. The highest BCUT2D eigenvalue weighted by molar-refractivity contribution is 7.99. The van der Waals surface area contributed by atoms with Crippen molar-refractivity contribution in [1.29, 1.82) is 5.26 Å². The Balaban J connectivity index is 2.19. The predicted octanol–water partition coefficient (Wildman–Crippen LogP) is 4.24. The fraction of sp³-hybridized carbons (Fsp3) is 0.526. The first-order valence-corrected chi connectivity index (χ1v) is 9.86. The van der Waals surface area contributed by atoms with E-state index >= 15 is 0 Å². The third kappa shape index (κ3) is 5.91. The molecule has 1 saturated carbocycles. The highest BCUT2D eigenvalue weighted by atomic mass is 32.2. The highest BCUT2D eigenvalue weighted by Crippen LogP contribution is 2.40. The second-order valence-electron chi connectivity index (χ2n) is 7.22. The van der Waals surface area contributed by atoms with Crippen LogP contribution >= 0.6 is 11.8 Å². The lowest BCUT2D eigenvalue weighted by Crippen LogP contribution is -2.46. The van der Waals surface area contributed by atoms with E-state index < -0.39 is 45.9 Å². The fourth-order valence-electron chi connectivity index (χ4n) is 2.85. The Morgan fingerprint density at radius 1 is 1.20 bits per heavy atom. The van der Waals surface area contributed by atoms with Crippen LogP contribution in [0.2, 0.25) is 0 Å².